The maximum absolute atomic E-state index is 13.3. The highest BCUT2D eigenvalue weighted by atomic mass is 16.5. The van der Waals surface area contributed by atoms with Gasteiger partial charge in [-0.05, 0) is 24.6 Å². The molecule has 33 heavy (non-hydrogen) atoms. The number of rotatable bonds is 4. The molecule has 1 atom stereocenters. The van der Waals surface area contributed by atoms with Gasteiger partial charge in [-0.2, -0.15) is 0 Å². The second-order valence-electron chi connectivity index (χ2n) is 8.25. The lowest BCUT2D eigenvalue weighted by molar-refractivity contribution is 0.0787. The van der Waals surface area contributed by atoms with Crippen LogP contribution in [0, 0.1) is 0 Å². The van der Waals surface area contributed by atoms with Gasteiger partial charge in [0.2, 0.25) is 0 Å². The molecule has 0 radical (unpaired) electrons. The van der Waals surface area contributed by atoms with E-state index in [2.05, 4.69) is 15.5 Å². The lowest BCUT2D eigenvalue weighted by atomic mass is 10.1. The third-order valence-corrected chi connectivity index (χ3v) is 6.16. The van der Waals surface area contributed by atoms with Gasteiger partial charge < -0.3 is 9.42 Å². The van der Waals surface area contributed by atoms with Crippen LogP contribution in [0.25, 0.3) is 33.5 Å². The normalized spacial score (nSPS) is 15.9. The topological polar surface area (TPSA) is 77.0 Å². The van der Waals surface area contributed by atoms with Crippen LogP contribution in [-0.4, -0.2) is 44.0 Å². The number of amides is 1. The first-order valence-corrected chi connectivity index (χ1v) is 11.0. The van der Waals surface area contributed by atoms with Gasteiger partial charge in [-0.25, -0.2) is 4.68 Å². The highest BCUT2D eigenvalue weighted by molar-refractivity contribution is 6.01. The predicted molar refractivity (Wildman–Crippen MR) is 124 cm³/mol. The van der Waals surface area contributed by atoms with E-state index in [0.29, 0.717) is 24.4 Å². The maximum Gasteiger partial charge on any atom is 0.253 e. The summed E-state index contributed by atoms with van der Waals surface area (Å²) in [6.45, 7) is 1.28. The SMILES string of the molecule is O=C(c1ccc2noc(-c3ccccc3)c2c1)N1CCC(n2cc(-c3ccccc3)nn2)C1. The number of carbonyl (C=O) groups is 1. The molecular formula is C26H21N5O2. The number of benzene rings is 3. The Hall–Kier alpha value is -4.26. The fourth-order valence-electron chi connectivity index (χ4n) is 4.39. The highest BCUT2D eigenvalue weighted by Crippen LogP contribution is 2.30. The number of hydrogen-bond donors (Lipinski definition) is 0. The first-order valence-electron chi connectivity index (χ1n) is 11.0. The van der Waals surface area contributed by atoms with E-state index in [0.717, 1.165) is 34.1 Å². The standard InChI is InChI=1S/C26H21N5O2/c32-26(20-11-12-23-22(15-20)25(33-28-23)19-9-5-2-6-10-19)30-14-13-21(16-30)31-17-24(27-29-31)18-7-3-1-4-8-18/h1-12,15,17,21H,13-14,16H2. The van der Waals surface area contributed by atoms with Crippen molar-refractivity contribution in [1.82, 2.24) is 25.1 Å². The van der Waals surface area contributed by atoms with E-state index in [-0.39, 0.29) is 11.9 Å². The van der Waals surface area contributed by atoms with Gasteiger partial charge in [0.25, 0.3) is 5.91 Å². The molecule has 2 aromatic heterocycles. The number of nitrogens with zero attached hydrogens (tertiary/aromatic N) is 5. The van der Waals surface area contributed by atoms with Crippen molar-refractivity contribution in [2.75, 3.05) is 13.1 Å². The quantitative estimate of drug-likeness (QED) is 0.404. The Morgan fingerprint density at radius 2 is 1.70 bits per heavy atom. The second-order valence-corrected chi connectivity index (χ2v) is 8.25. The number of likely N-dealkylation sites (tertiary alicyclic amines) is 1. The average molecular weight is 435 g/mol. The summed E-state index contributed by atoms with van der Waals surface area (Å²) in [7, 11) is 0. The van der Waals surface area contributed by atoms with Crippen molar-refractivity contribution >= 4 is 16.8 Å². The molecule has 6 rings (SSSR count). The highest BCUT2D eigenvalue weighted by Gasteiger charge is 2.29. The second kappa shape index (κ2) is 8.02. The molecule has 0 N–H and O–H groups in total. The van der Waals surface area contributed by atoms with Crippen LogP contribution in [-0.2, 0) is 0 Å². The van der Waals surface area contributed by atoms with Crippen LogP contribution in [0.2, 0.25) is 0 Å². The number of aromatic nitrogens is 4. The molecule has 162 valence electrons. The first-order chi connectivity index (χ1) is 16.3. The predicted octanol–water partition coefficient (Wildman–Crippen LogP) is 4.84. The summed E-state index contributed by atoms with van der Waals surface area (Å²) in [6, 6.07) is 25.5. The summed E-state index contributed by atoms with van der Waals surface area (Å²) in [6.07, 6.45) is 2.80. The Labute approximate surface area is 190 Å². The molecule has 0 spiro atoms. The molecular weight excluding hydrogens is 414 g/mol. The van der Waals surface area contributed by atoms with Crippen molar-refractivity contribution in [3.63, 3.8) is 0 Å². The molecule has 0 bridgehead atoms. The summed E-state index contributed by atoms with van der Waals surface area (Å²) in [5, 5.41) is 13.6. The fourth-order valence-corrected chi connectivity index (χ4v) is 4.39. The molecule has 1 aliphatic rings. The number of carbonyl (C=O) groups excluding carboxylic acids is 1. The third-order valence-electron chi connectivity index (χ3n) is 6.16. The van der Waals surface area contributed by atoms with Crippen LogP contribution in [0.15, 0.2) is 89.6 Å². The Balaban J connectivity index is 1.22. The molecule has 3 heterocycles. The van der Waals surface area contributed by atoms with Gasteiger partial charge in [0.05, 0.1) is 17.6 Å². The summed E-state index contributed by atoms with van der Waals surface area (Å²) in [4.78, 5) is 15.2. The largest absolute Gasteiger partial charge is 0.355 e. The van der Waals surface area contributed by atoms with Gasteiger partial charge in [-0.1, -0.05) is 71.0 Å². The summed E-state index contributed by atoms with van der Waals surface area (Å²) < 4.78 is 7.46. The molecule has 7 heteroatoms. The first kappa shape index (κ1) is 19.4. The minimum Gasteiger partial charge on any atom is -0.355 e. The van der Waals surface area contributed by atoms with Crippen molar-refractivity contribution < 1.29 is 9.32 Å². The molecule has 1 saturated heterocycles. The van der Waals surface area contributed by atoms with E-state index in [9.17, 15) is 4.79 Å². The third kappa shape index (κ3) is 3.57. The lowest BCUT2D eigenvalue weighted by Gasteiger charge is -2.16. The minimum atomic E-state index is 0.00279. The van der Waals surface area contributed by atoms with Crippen LogP contribution < -0.4 is 0 Å². The molecule has 1 aliphatic heterocycles. The zero-order valence-corrected chi connectivity index (χ0v) is 17.8. The fraction of sp³-hybridized carbons (Fsp3) is 0.154. The van der Waals surface area contributed by atoms with Gasteiger partial charge in [0.1, 0.15) is 11.2 Å². The zero-order chi connectivity index (χ0) is 22.2. The average Bonchev–Trinajstić information content (AvgIpc) is 3.64. The Bertz CT molecular complexity index is 1430. The smallest absolute Gasteiger partial charge is 0.253 e. The molecule has 7 nitrogen and oxygen atoms in total. The van der Waals surface area contributed by atoms with Gasteiger partial charge >= 0.3 is 0 Å². The molecule has 3 aromatic carbocycles. The van der Waals surface area contributed by atoms with E-state index in [1.165, 1.54) is 0 Å². The van der Waals surface area contributed by atoms with Gasteiger partial charge in [-0.15, -0.1) is 5.10 Å². The van der Waals surface area contributed by atoms with E-state index in [1.54, 1.807) is 0 Å². The Kier molecular flexibility index (Phi) is 4.72. The summed E-state index contributed by atoms with van der Waals surface area (Å²) >= 11 is 0. The van der Waals surface area contributed by atoms with Crippen molar-refractivity contribution in [3.05, 3.63) is 90.6 Å². The van der Waals surface area contributed by atoms with Gasteiger partial charge in [0.15, 0.2) is 5.76 Å². The maximum atomic E-state index is 13.3. The zero-order valence-electron chi connectivity index (χ0n) is 17.8. The van der Waals surface area contributed by atoms with Crippen LogP contribution in [0.3, 0.4) is 0 Å². The minimum absolute atomic E-state index is 0.00279. The summed E-state index contributed by atoms with van der Waals surface area (Å²) in [5.74, 6) is 0.679. The summed E-state index contributed by atoms with van der Waals surface area (Å²) in [5.41, 5.74) is 4.18. The Morgan fingerprint density at radius 1 is 0.939 bits per heavy atom. The van der Waals surface area contributed by atoms with Crippen molar-refractivity contribution in [1.29, 1.82) is 0 Å². The van der Waals surface area contributed by atoms with Gasteiger partial charge in [-0.3, -0.25) is 4.79 Å². The van der Waals surface area contributed by atoms with Crippen LogP contribution >= 0.6 is 0 Å². The van der Waals surface area contributed by atoms with Crippen LogP contribution in [0.4, 0.5) is 0 Å². The molecule has 0 aliphatic carbocycles. The van der Waals surface area contributed by atoms with E-state index in [1.807, 2.05) is 94.6 Å². The molecule has 1 fully saturated rings. The van der Waals surface area contributed by atoms with Crippen molar-refractivity contribution in [3.8, 4) is 22.6 Å². The molecule has 0 saturated carbocycles. The number of fused-ring (bicyclic) bond motifs is 1. The van der Waals surface area contributed by atoms with Crippen molar-refractivity contribution in [2.24, 2.45) is 0 Å². The van der Waals surface area contributed by atoms with E-state index >= 15 is 0 Å². The number of hydrogen-bond acceptors (Lipinski definition) is 5. The van der Waals surface area contributed by atoms with E-state index in [4.69, 9.17) is 4.52 Å². The molecule has 1 amide bonds. The Morgan fingerprint density at radius 3 is 2.48 bits per heavy atom. The van der Waals surface area contributed by atoms with Crippen molar-refractivity contribution in [2.45, 2.75) is 12.5 Å². The van der Waals surface area contributed by atoms with Crippen LogP contribution in [0.1, 0.15) is 22.8 Å². The van der Waals surface area contributed by atoms with Crippen LogP contribution in [0.5, 0.6) is 0 Å². The lowest BCUT2D eigenvalue weighted by Crippen LogP contribution is -2.29. The molecule has 1 unspecified atom stereocenters. The van der Waals surface area contributed by atoms with Gasteiger partial charge in [0, 0.05) is 29.8 Å². The monoisotopic (exact) mass is 435 g/mol. The van der Waals surface area contributed by atoms with E-state index < -0.39 is 0 Å². The molecule has 5 aromatic rings.